The van der Waals surface area contributed by atoms with Crippen molar-refractivity contribution in [1.29, 1.82) is 0 Å². The second kappa shape index (κ2) is 4.02. The van der Waals surface area contributed by atoms with Crippen LogP contribution in [0.1, 0.15) is 25.7 Å². The number of hydrogen-bond acceptors (Lipinski definition) is 2. The van der Waals surface area contributed by atoms with Gasteiger partial charge in [0.25, 0.3) is 0 Å². The van der Waals surface area contributed by atoms with Gasteiger partial charge in [0.1, 0.15) is 5.52 Å². The number of anilines is 1. The van der Waals surface area contributed by atoms with Gasteiger partial charge in [-0.05, 0) is 30.9 Å². The molecule has 1 saturated carbocycles. The SMILES string of the molecule is Nc1nc2c(F)cccc2n1CC1CCCC1. The third kappa shape index (κ3) is 1.77. The molecule has 3 nitrogen and oxygen atoms in total. The van der Waals surface area contributed by atoms with Gasteiger partial charge in [-0.15, -0.1) is 0 Å². The predicted molar refractivity (Wildman–Crippen MR) is 66.1 cm³/mol. The lowest BCUT2D eigenvalue weighted by Crippen LogP contribution is -2.10. The fraction of sp³-hybridized carbons (Fsp3) is 0.462. The molecule has 17 heavy (non-hydrogen) atoms. The Morgan fingerprint density at radius 2 is 2.12 bits per heavy atom. The van der Waals surface area contributed by atoms with Gasteiger partial charge in [-0.3, -0.25) is 0 Å². The lowest BCUT2D eigenvalue weighted by atomic mass is 10.1. The standard InChI is InChI=1S/C13H16FN3/c14-10-6-3-7-11-12(10)16-13(15)17(11)8-9-4-1-2-5-9/h3,6-7,9H,1-2,4-5,8H2,(H2,15,16). The van der Waals surface area contributed by atoms with Crippen molar-refractivity contribution in [2.45, 2.75) is 32.2 Å². The van der Waals surface area contributed by atoms with Crippen LogP contribution in [0.15, 0.2) is 18.2 Å². The molecular formula is C13H16FN3. The number of fused-ring (bicyclic) bond motifs is 1. The Labute approximate surface area is 99.4 Å². The maximum Gasteiger partial charge on any atom is 0.201 e. The zero-order chi connectivity index (χ0) is 11.8. The molecule has 0 unspecified atom stereocenters. The van der Waals surface area contributed by atoms with E-state index in [0.717, 1.165) is 12.1 Å². The lowest BCUT2D eigenvalue weighted by Gasteiger charge is -2.12. The summed E-state index contributed by atoms with van der Waals surface area (Å²) in [5.74, 6) is 0.800. The number of nitrogens with two attached hydrogens (primary N) is 1. The van der Waals surface area contributed by atoms with E-state index in [1.54, 1.807) is 6.07 Å². The number of hydrogen-bond donors (Lipinski definition) is 1. The first-order valence-electron chi connectivity index (χ1n) is 6.16. The highest BCUT2D eigenvalue weighted by Crippen LogP contribution is 2.29. The third-order valence-corrected chi connectivity index (χ3v) is 3.67. The van der Waals surface area contributed by atoms with Crippen LogP contribution < -0.4 is 5.73 Å². The molecule has 2 aromatic rings. The van der Waals surface area contributed by atoms with Gasteiger partial charge in [0.2, 0.25) is 5.95 Å². The number of nitrogen functional groups attached to an aromatic ring is 1. The molecule has 2 N–H and O–H groups in total. The zero-order valence-electron chi connectivity index (χ0n) is 9.69. The van der Waals surface area contributed by atoms with E-state index in [0.29, 0.717) is 17.4 Å². The summed E-state index contributed by atoms with van der Waals surface area (Å²) >= 11 is 0. The number of imidazole rings is 1. The minimum absolute atomic E-state index is 0.292. The average Bonchev–Trinajstić information content (AvgIpc) is 2.91. The Kier molecular flexibility index (Phi) is 2.50. The number of para-hydroxylation sites is 1. The van der Waals surface area contributed by atoms with Gasteiger partial charge in [0, 0.05) is 6.54 Å². The second-order valence-corrected chi connectivity index (χ2v) is 4.84. The fourth-order valence-corrected chi connectivity index (χ4v) is 2.77. The van der Waals surface area contributed by atoms with E-state index in [9.17, 15) is 4.39 Å². The molecular weight excluding hydrogens is 217 g/mol. The van der Waals surface area contributed by atoms with Gasteiger partial charge >= 0.3 is 0 Å². The molecule has 1 aliphatic rings. The van der Waals surface area contributed by atoms with Crippen molar-refractivity contribution in [3.05, 3.63) is 24.0 Å². The van der Waals surface area contributed by atoms with E-state index in [-0.39, 0.29) is 5.82 Å². The fourth-order valence-electron chi connectivity index (χ4n) is 2.77. The highest BCUT2D eigenvalue weighted by Gasteiger charge is 2.19. The van der Waals surface area contributed by atoms with Crippen molar-refractivity contribution in [3.8, 4) is 0 Å². The van der Waals surface area contributed by atoms with Crippen molar-refractivity contribution in [3.63, 3.8) is 0 Å². The van der Waals surface area contributed by atoms with E-state index in [1.807, 2.05) is 10.6 Å². The van der Waals surface area contributed by atoms with Crippen LogP contribution in [0.4, 0.5) is 10.3 Å². The van der Waals surface area contributed by atoms with Crippen LogP contribution in [0.5, 0.6) is 0 Å². The summed E-state index contributed by atoms with van der Waals surface area (Å²) in [4.78, 5) is 4.12. The van der Waals surface area contributed by atoms with Gasteiger partial charge in [-0.1, -0.05) is 18.9 Å². The highest BCUT2D eigenvalue weighted by atomic mass is 19.1. The smallest absolute Gasteiger partial charge is 0.201 e. The molecule has 0 bridgehead atoms. The largest absolute Gasteiger partial charge is 0.369 e. The van der Waals surface area contributed by atoms with E-state index in [2.05, 4.69) is 4.98 Å². The van der Waals surface area contributed by atoms with Gasteiger partial charge in [-0.25, -0.2) is 9.37 Å². The number of aromatic nitrogens is 2. The van der Waals surface area contributed by atoms with Crippen molar-refractivity contribution in [2.75, 3.05) is 5.73 Å². The molecule has 3 rings (SSSR count). The van der Waals surface area contributed by atoms with E-state index >= 15 is 0 Å². The van der Waals surface area contributed by atoms with Gasteiger partial charge in [-0.2, -0.15) is 0 Å². The van der Waals surface area contributed by atoms with Crippen LogP contribution in [0.3, 0.4) is 0 Å². The summed E-state index contributed by atoms with van der Waals surface area (Å²) in [6.45, 7) is 0.867. The summed E-state index contributed by atoms with van der Waals surface area (Å²) in [6.07, 6.45) is 5.08. The summed E-state index contributed by atoms with van der Waals surface area (Å²) in [5, 5.41) is 0. The van der Waals surface area contributed by atoms with Crippen molar-refractivity contribution in [2.24, 2.45) is 5.92 Å². The molecule has 1 aromatic carbocycles. The molecule has 0 radical (unpaired) electrons. The molecule has 1 aliphatic carbocycles. The summed E-state index contributed by atoms with van der Waals surface area (Å²) in [6, 6.07) is 5.02. The van der Waals surface area contributed by atoms with E-state index < -0.39 is 0 Å². The molecule has 4 heteroatoms. The van der Waals surface area contributed by atoms with Crippen LogP contribution in [0.25, 0.3) is 11.0 Å². The first-order valence-corrected chi connectivity index (χ1v) is 6.16. The molecule has 0 amide bonds. The summed E-state index contributed by atoms with van der Waals surface area (Å²) in [7, 11) is 0. The maximum atomic E-state index is 13.6. The quantitative estimate of drug-likeness (QED) is 0.866. The summed E-state index contributed by atoms with van der Waals surface area (Å²) in [5.41, 5.74) is 7.09. The monoisotopic (exact) mass is 233 g/mol. The number of rotatable bonds is 2. The van der Waals surface area contributed by atoms with Crippen molar-refractivity contribution in [1.82, 2.24) is 9.55 Å². The molecule has 0 saturated heterocycles. The molecule has 0 aliphatic heterocycles. The number of halogens is 1. The Balaban J connectivity index is 2.02. The summed E-state index contributed by atoms with van der Waals surface area (Å²) < 4.78 is 15.5. The Hall–Kier alpha value is -1.58. The van der Waals surface area contributed by atoms with Gasteiger partial charge < -0.3 is 10.3 Å². The molecule has 1 aromatic heterocycles. The second-order valence-electron chi connectivity index (χ2n) is 4.84. The Bertz CT molecular complexity index is 541. The molecule has 90 valence electrons. The van der Waals surface area contributed by atoms with Crippen LogP contribution in [0.2, 0.25) is 0 Å². The van der Waals surface area contributed by atoms with Crippen LogP contribution in [-0.2, 0) is 6.54 Å². The molecule has 1 fully saturated rings. The average molecular weight is 233 g/mol. The lowest BCUT2D eigenvalue weighted by molar-refractivity contribution is 0.468. The minimum atomic E-state index is -0.292. The zero-order valence-corrected chi connectivity index (χ0v) is 9.69. The van der Waals surface area contributed by atoms with Crippen LogP contribution >= 0.6 is 0 Å². The highest BCUT2D eigenvalue weighted by molar-refractivity contribution is 5.78. The Morgan fingerprint density at radius 3 is 2.88 bits per heavy atom. The number of nitrogens with zero attached hydrogens (tertiary/aromatic N) is 2. The number of benzene rings is 1. The van der Waals surface area contributed by atoms with Crippen LogP contribution in [0, 0.1) is 11.7 Å². The first kappa shape index (κ1) is 10.6. The van der Waals surface area contributed by atoms with E-state index in [1.165, 1.54) is 31.7 Å². The topological polar surface area (TPSA) is 43.8 Å². The molecule has 1 heterocycles. The van der Waals surface area contributed by atoms with Crippen molar-refractivity contribution >= 4 is 17.0 Å². The third-order valence-electron chi connectivity index (χ3n) is 3.67. The van der Waals surface area contributed by atoms with Crippen molar-refractivity contribution < 1.29 is 4.39 Å². The van der Waals surface area contributed by atoms with Gasteiger partial charge in [0.15, 0.2) is 5.82 Å². The predicted octanol–water partition coefficient (Wildman–Crippen LogP) is 2.95. The molecule has 0 atom stereocenters. The van der Waals surface area contributed by atoms with Gasteiger partial charge in [0.05, 0.1) is 5.52 Å². The minimum Gasteiger partial charge on any atom is -0.369 e. The molecule has 0 spiro atoms. The maximum absolute atomic E-state index is 13.6. The Morgan fingerprint density at radius 1 is 1.35 bits per heavy atom. The normalized spacial score (nSPS) is 17.0. The van der Waals surface area contributed by atoms with Crippen LogP contribution in [-0.4, -0.2) is 9.55 Å². The van der Waals surface area contributed by atoms with E-state index in [4.69, 9.17) is 5.73 Å². The first-order chi connectivity index (χ1) is 8.25.